The van der Waals surface area contributed by atoms with E-state index in [4.69, 9.17) is 9.97 Å². The molecular weight excluding hydrogens is 659 g/mol. The van der Waals surface area contributed by atoms with Gasteiger partial charge in [0, 0.05) is 67.0 Å². The highest BCUT2D eigenvalue weighted by Gasteiger charge is 2.41. The number of benzene rings is 5. The summed E-state index contributed by atoms with van der Waals surface area (Å²) >= 11 is 0. The van der Waals surface area contributed by atoms with Crippen molar-refractivity contribution in [1.29, 1.82) is 0 Å². The Morgan fingerprint density at radius 1 is 0.407 bits per heavy atom. The Balaban J connectivity index is 1.19. The van der Waals surface area contributed by atoms with Gasteiger partial charge in [0.15, 0.2) is 0 Å². The minimum absolute atomic E-state index is 0.165. The molecule has 5 aromatic carbocycles. The molecule has 3 aliphatic heterocycles. The van der Waals surface area contributed by atoms with Crippen molar-refractivity contribution >= 4 is 60.7 Å². The number of nitrogens with zero attached hydrogens (tertiary/aromatic N) is 5. The van der Waals surface area contributed by atoms with E-state index < -0.39 is 0 Å². The van der Waals surface area contributed by atoms with E-state index in [0.29, 0.717) is 0 Å². The van der Waals surface area contributed by atoms with Crippen LogP contribution < -0.4 is 4.90 Å². The zero-order valence-corrected chi connectivity index (χ0v) is 31.4. The maximum absolute atomic E-state index is 5.07. The predicted octanol–water partition coefficient (Wildman–Crippen LogP) is 12.1. The van der Waals surface area contributed by atoms with E-state index in [1.165, 1.54) is 88.4 Å². The molecule has 260 valence electrons. The molecule has 0 radical (unpaired) electrons. The molecular formula is C49H39N5. The highest BCUT2D eigenvalue weighted by Crippen LogP contribution is 2.56. The molecule has 54 heavy (non-hydrogen) atoms. The smallest absolute Gasteiger partial charge is 0.141 e. The van der Waals surface area contributed by atoms with Gasteiger partial charge in [-0.3, -0.25) is 9.13 Å². The Morgan fingerprint density at radius 2 is 0.944 bits per heavy atom. The van der Waals surface area contributed by atoms with E-state index in [1.54, 1.807) is 0 Å². The van der Waals surface area contributed by atoms with Gasteiger partial charge < -0.3 is 4.90 Å². The quantitative estimate of drug-likeness (QED) is 0.171. The summed E-state index contributed by atoms with van der Waals surface area (Å²) < 4.78 is 4.86. The standard InChI is InChI=1S/C49H39N5/c1-47(2)33-15-7-8-20-39(33)52(28-21-22-29-30-13-9-16-34-43(30)53(40(29)25-28)45-36(48(34,3)4)18-11-23-50-45)42-27-41-32(26-38(42)47)31-14-10-17-35-44(31)54(41)46-37(49(35,5)6)19-12-24-51-46/h7-27H,1-6H3. The number of anilines is 3. The van der Waals surface area contributed by atoms with Crippen molar-refractivity contribution < 1.29 is 0 Å². The third-order valence-corrected chi connectivity index (χ3v) is 13.4. The van der Waals surface area contributed by atoms with Gasteiger partial charge in [-0.25, -0.2) is 9.97 Å². The summed E-state index contributed by atoms with van der Waals surface area (Å²) in [5.74, 6) is 2.04. The van der Waals surface area contributed by atoms with E-state index >= 15 is 0 Å². The number of aromatic nitrogens is 4. The van der Waals surface area contributed by atoms with E-state index in [9.17, 15) is 0 Å². The van der Waals surface area contributed by atoms with Crippen molar-refractivity contribution in [3.8, 4) is 11.6 Å². The molecule has 0 atom stereocenters. The maximum atomic E-state index is 5.07. The lowest BCUT2D eigenvalue weighted by atomic mass is 9.73. The molecule has 5 heteroatoms. The van der Waals surface area contributed by atoms with Crippen molar-refractivity contribution in [1.82, 2.24) is 19.1 Å². The predicted molar refractivity (Wildman–Crippen MR) is 222 cm³/mol. The second-order valence-electron chi connectivity index (χ2n) is 17.1. The molecule has 0 bridgehead atoms. The van der Waals surface area contributed by atoms with Crippen LogP contribution in [0.1, 0.15) is 74.9 Å². The van der Waals surface area contributed by atoms with E-state index in [1.807, 2.05) is 12.4 Å². The van der Waals surface area contributed by atoms with Gasteiger partial charge >= 0.3 is 0 Å². The lowest BCUT2D eigenvalue weighted by Crippen LogP contribution is -2.30. The van der Waals surface area contributed by atoms with Crippen molar-refractivity contribution in [2.75, 3.05) is 4.90 Å². The fourth-order valence-electron chi connectivity index (χ4n) is 10.6. The number of para-hydroxylation sites is 3. The van der Waals surface area contributed by atoms with Gasteiger partial charge in [0.2, 0.25) is 0 Å². The summed E-state index contributed by atoms with van der Waals surface area (Å²) in [7, 11) is 0. The van der Waals surface area contributed by atoms with Gasteiger partial charge in [-0.1, -0.05) is 114 Å². The van der Waals surface area contributed by atoms with Crippen molar-refractivity contribution in [2.24, 2.45) is 0 Å². The van der Waals surface area contributed by atoms with Crippen LogP contribution in [0, 0.1) is 0 Å². The molecule has 0 unspecified atom stereocenters. The molecule has 5 nitrogen and oxygen atoms in total. The molecule has 0 spiro atoms. The number of rotatable bonds is 1. The zero-order valence-electron chi connectivity index (χ0n) is 31.4. The van der Waals surface area contributed by atoms with Crippen LogP contribution in [0.25, 0.3) is 55.2 Å². The second kappa shape index (κ2) is 9.66. The fourth-order valence-corrected chi connectivity index (χ4v) is 10.6. The maximum Gasteiger partial charge on any atom is 0.141 e. The summed E-state index contributed by atoms with van der Waals surface area (Å²) in [4.78, 5) is 12.6. The van der Waals surface area contributed by atoms with Gasteiger partial charge in [-0.2, -0.15) is 0 Å². The first-order valence-electron chi connectivity index (χ1n) is 19.1. The Labute approximate surface area is 314 Å². The molecule has 9 aromatic rings. The highest BCUT2D eigenvalue weighted by atomic mass is 15.2. The molecule has 0 saturated carbocycles. The largest absolute Gasteiger partial charge is 0.310 e. The van der Waals surface area contributed by atoms with Crippen molar-refractivity contribution in [2.45, 2.75) is 57.8 Å². The Kier molecular flexibility index (Phi) is 5.42. The van der Waals surface area contributed by atoms with E-state index in [0.717, 1.165) is 17.3 Å². The van der Waals surface area contributed by atoms with Crippen LogP contribution >= 0.6 is 0 Å². The second-order valence-corrected chi connectivity index (χ2v) is 17.1. The first-order valence-corrected chi connectivity index (χ1v) is 19.1. The van der Waals surface area contributed by atoms with Gasteiger partial charge in [0.05, 0.1) is 33.4 Å². The molecule has 0 amide bonds. The minimum atomic E-state index is -0.235. The molecule has 0 saturated heterocycles. The molecule has 7 heterocycles. The summed E-state index contributed by atoms with van der Waals surface area (Å²) in [5, 5.41) is 5.06. The molecule has 3 aliphatic rings. The average Bonchev–Trinajstić information content (AvgIpc) is 3.69. The van der Waals surface area contributed by atoms with Gasteiger partial charge in [0.25, 0.3) is 0 Å². The van der Waals surface area contributed by atoms with Crippen LogP contribution in [0.4, 0.5) is 17.1 Å². The van der Waals surface area contributed by atoms with Gasteiger partial charge in [-0.15, -0.1) is 0 Å². The fraction of sp³-hybridized carbons (Fsp3) is 0.184. The van der Waals surface area contributed by atoms with Crippen molar-refractivity contribution in [3.05, 3.63) is 161 Å². The van der Waals surface area contributed by atoms with Crippen LogP contribution in [0.5, 0.6) is 0 Å². The van der Waals surface area contributed by atoms with Crippen LogP contribution in [-0.2, 0) is 16.2 Å². The highest BCUT2D eigenvalue weighted by molar-refractivity contribution is 6.15. The molecule has 0 fully saturated rings. The summed E-state index contributed by atoms with van der Waals surface area (Å²) in [6.45, 7) is 14.1. The van der Waals surface area contributed by atoms with Crippen molar-refractivity contribution in [3.63, 3.8) is 0 Å². The van der Waals surface area contributed by atoms with Crippen LogP contribution in [0.15, 0.2) is 128 Å². The first-order chi connectivity index (χ1) is 26.1. The van der Waals surface area contributed by atoms with Crippen LogP contribution in [-0.4, -0.2) is 19.1 Å². The Bertz CT molecular complexity index is 3150. The zero-order chi connectivity index (χ0) is 36.5. The number of pyridine rings is 2. The van der Waals surface area contributed by atoms with E-state index in [2.05, 4.69) is 171 Å². The van der Waals surface area contributed by atoms with Gasteiger partial charge in [-0.05, 0) is 64.7 Å². The Hall–Kier alpha value is -6.20. The topological polar surface area (TPSA) is 38.9 Å². The molecule has 12 rings (SSSR count). The normalized spacial score (nSPS) is 16.7. The van der Waals surface area contributed by atoms with Crippen LogP contribution in [0.2, 0.25) is 0 Å². The van der Waals surface area contributed by atoms with Crippen LogP contribution in [0.3, 0.4) is 0 Å². The molecule has 4 aromatic heterocycles. The summed E-state index contributed by atoms with van der Waals surface area (Å²) in [5.41, 5.74) is 15.6. The Morgan fingerprint density at radius 3 is 1.59 bits per heavy atom. The lowest BCUT2D eigenvalue weighted by molar-refractivity contribution is 0.624. The first kappa shape index (κ1) is 30.3. The minimum Gasteiger partial charge on any atom is -0.310 e. The lowest BCUT2D eigenvalue weighted by Gasteiger charge is -2.42. The number of hydrogen-bond acceptors (Lipinski definition) is 3. The average molecular weight is 698 g/mol. The monoisotopic (exact) mass is 697 g/mol. The third kappa shape index (κ3) is 3.43. The summed E-state index contributed by atoms with van der Waals surface area (Å²) in [6.07, 6.45) is 3.87. The SMILES string of the molecule is CC1(C)c2ccccc2N(c2ccc3c4cccc5c4n(c3c2)-c2ncccc2C5(C)C)c2cc3c(cc21)c1cccc2c1n3-c1ncccc1C2(C)C. The third-order valence-electron chi connectivity index (χ3n) is 13.4. The number of hydrogen-bond donors (Lipinski definition) is 0. The van der Waals surface area contributed by atoms with Gasteiger partial charge in [0.1, 0.15) is 11.6 Å². The summed E-state index contributed by atoms with van der Waals surface area (Å²) in [6, 6.07) is 43.2. The molecule has 0 N–H and O–H groups in total. The molecule has 0 aliphatic carbocycles. The van der Waals surface area contributed by atoms with E-state index in [-0.39, 0.29) is 16.2 Å². The number of fused-ring (bicyclic) bond motifs is 12.